The van der Waals surface area contributed by atoms with Crippen LogP contribution in [0.3, 0.4) is 0 Å². The molecule has 1 aliphatic rings. The van der Waals surface area contributed by atoms with Crippen LogP contribution < -0.4 is 5.32 Å². The van der Waals surface area contributed by atoms with E-state index in [0.717, 1.165) is 29.9 Å². The number of aromatic nitrogens is 2. The molecule has 0 fully saturated rings. The van der Waals surface area contributed by atoms with Crippen molar-refractivity contribution in [3.05, 3.63) is 47.4 Å². The van der Waals surface area contributed by atoms with Crippen LogP contribution in [0, 0.1) is 12.7 Å². The monoisotopic (exact) mass is 231 g/mol. The number of nitrogens with zero attached hydrogens (tertiary/aromatic N) is 2. The van der Waals surface area contributed by atoms with E-state index in [2.05, 4.69) is 10.4 Å². The Kier molecular flexibility index (Phi) is 2.35. The lowest BCUT2D eigenvalue weighted by atomic mass is 10.0. The van der Waals surface area contributed by atoms with Crippen LogP contribution in [0.15, 0.2) is 30.5 Å². The molecule has 1 aromatic carbocycles. The van der Waals surface area contributed by atoms with E-state index in [4.69, 9.17) is 0 Å². The average Bonchev–Trinajstić information content (AvgIpc) is 2.72. The van der Waals surface area contributed by atoms with E-state index in [1.165, 1.54) is 6.07 Å². The minimum Gasteiger partial charge on any atom is -0.370 e. The average molecular weight is 231 g/mol. The van der Waals surface area contributed by atoms with E-state index in [1.807, 2.05) is 29.9 Å². The Morgan fingerprint density at radius 3 is 3.06 bits per heavy atom. The van der Waals surface area contributed by atoms with Gasteiger partial charge in [-0.2, -0.15) is 5.10 Å². The summed E-state index contributed by atoms with van der Waals surface area (Å²) in [7, 11) is 0. The molecule has 17 heavy (non-hydrogen) atoms. The normalized spacial score (nSPS) is 18.6. The first-order valence-corrected chi connectivity index (χ1v) is 5.80. The van der Waals surface area contributed by atoms with Gasteiger partial charge in [0.05, 0.1) is 12.2 Å². The molecule has 3 nitrogen and oxygen atoms in total. The largest absolute Gasteiger partial charge is 0.370 e. The molecule has 1 atom stereocenters. The third-order valence-electron chi connectivity index (χ3n) is 3.25. The number of aryl methyl sites for hydroxylation is 1. The van der Waals surface area contributed by atoms with Crippen LogP contribution in [0.25, 0.3) is 0 Å². The van der Waals surface area contributed by atoms with Crippen molar-refractivity contribution in [2.24, 2.45) is 0 Å². The van der Waals surface area contributed by atoms with Crippen molar-refractivity contribution in [3.63, 3.8) is 0 Å². The van der Waals surface area contributed by atoms with Gasteiger partial charge in [-0.25, -0.2) is 9.07 Å². The topological polar surface area (TPSA) is 29.9 Å². The molecule has 0 aliphatic carbocycles. The molecule has 88 valence electrons. The maximum Gasteiger partial charge on any atom is 0.128 e. The molecule has 0 spiro atoms. The van der Waals surface area contributed by atoms with Crippen LogP contribution in [0.2, 0.25) is 0 Å². The van der Waals surface area contributed by atoms with Gasteiger partial charge >= 0.3 is 0 Å². The van der Waals surface area contributed by atoms with E-state index >= 15 is 0 Å². The number of anilines is 1. The summed E-state index contributed by atoms with van der Waals surface area (Å²) in [5.41, 5.74) is 1.82. The Morgan fingerprint density at radius 1 is 1.41 bits per heavy atom. The van der Waals surface area contributed by atoms with Crippen molar-refractivity contribution >= 4 is 5.82 Å². The molecule has 0 saturated carbocycles. The summed E-state index contributed by atoms with van der Waals surface area (Å²) in [4.78, 5) is 0. The number of benzene rings is 1. The van der Waals surface area contributed by atoms with Gasteiger partial charge in [-0.05, 0) is 19.4 Å². The van der Waals surface area contributed by atoms with Crippen LogP contribution >= 0.6 is 0 Å². The Balaban J connectivity index is 2.09. The zero-order valence-corrected chi connectivity index (χ0v) is 9.65. The number of hydrogen-bond acceptors (Lipinski definition) is 2. The fourth-order valence-corrected chi connectivity index (χ4v) is 2.39. The molecule has 0 bridgehead atoms. The van der Waals surface area contributed by atoms with Crippen LogP contribution in [-0.2, 0) is 0 Å². The van der Waals surface area contributed by atoms with Crippen molar-refractivity contribution in [3.8, 4) is 0 Å². The minimum absolute atomic E-state index is 0.00106. The first-order chi connectivity index (χ1) is 8.27. The van der Waals surface area contributed by atoms with E-state index in [1.54, 1.807) is 6.07 Å². The van der Waals surface area contributed by atoms with Crippen LogP contribution in [-0.4, -0.2) is 16.3 Å². The number of nitrogens with one attached hydrogen (secondary N) is 1. The Bertz CT molecular complexity index is 547. The Hall–Kier alpha value is -1.84. The summed E-state index contributed by atoms with van der Waals surface area (Å²) in [6.45, 7) is 2.86. The lowest BCUT2D eigenvalue weighted by Crippen LogP contribution is -2.25. The first kappa shape index (κ1) is 10.3. The molecule has 4 heteroatoms. The Labute approximate surface area is 99.3 Å². The lowest BCUT2D eigenvalue weighted by Gasteiger charge is -2.26. The quantitative estimate of drug-likeness (QED) is 0.817. The Morgan fingerprint density at radius 2 is 2.24 bits per heavy atom. The molecule has 2 heterocycles. The number of halogens is 1. The summed E-state index contributed by atoms with van der Waals surface area (Å²) >= 11 is 0. The molecule has 0 saturated heterocycles. The van der Waals surface area contributed by atoms with Crippen molar-refractivity contribution in [1.29, 1.82) is 0 Å². The zero-order chi connectivity index (χ0) is 11.8. The van der Waals surface area contributed by atoms with E-state index < -0.39 is 0 Å². The predicted molar refractivity (Wildman–Crippen MR) is 64.6 cm³/mol. The second-order valence-corrected chi connectivity index (χ2v) is 4.37. The van der Waals surface area contributed by atoms with Gasteiger partial charge in [0.15, 0.2) is 0 Å². The van der Waals surface area contributed by atoms with E-state index in [9.17, 15) is 4.39 Å². The highest BCUT2D eigenvalue weighted by Crippen LogP contribution is 2.31. The van der Waals surface area contributed by atoms with Gasteiger partial charge in [-0.1, -0.05) is 18.2 Å². The summed E-state index contributed by atoms with van der Waals surface area (Å²) in [5, 5.41) is 7.65. The predicted octanol–water partition coefficient (Wildman–Crippen LogP) is 2.74. The molecular formula is C13H14FN3. The van der Waals surface area contributed by atoms with Crippen molar-refractivity contribution in [1.82, 2.24) is 9.78 Å². The standard InChI is InChI=1S/C13H14FN3/c1-9-8-16-17-12(6-7-15-13(9)17)10-4-2-3-5-11(10)14/h2-5,8,12,15H,6-7H2,1H3. The van der Waals surface area contributed by atoms with Crippen LogP contribution in [0.5, 0.6) is 0 Å². The summed E-state index contributed by atoms with van der Waals surface area (Å²) < 4.78 is 15.7. The van der Waals surface area contributed by atoms with E-state index in [-0.39, 0.29) is 11.9 Å². The van der Waals surface area contributed by atoms with Gasteiger partial charge in [0.1, 0.15) is 11.6 Å². The summed E-state index contributed by atoms with van der Waals surface area (Å²) in [5.74, 6) is 0.850. The fourth-order valence-electron chi connectivity index (χ4n) is 2.39. The maximum absolute atomic E-state index is 13.8. The van der Waals surface area contributed by atoms with Crippen LogP contribution in [0.1, 0.15) is 23.6 Å². The molecule has 1 unspecified atom stereocenters. The third kappa shape index (κ3) is 1.60. The van der Waals surface area contributed by atoms with Gasteiger partial charge in [0.2, 0.25) is 0 Å². The smallest absolute Gasteiger partial charge is 0.128 e. The fraction of sp³-hybridized carbons (Fsp3) is 0.308. The highest BCUT2D eigenvalue weighted by Gasteiger charge is 2.24. The maximum atomic E-state index is 13.8. The molecule has 0 radical (unpaired) electrons. The van der Waals surface area contributed by atoms with E-state index in [0.29, 0.717) is 0 Å². The highest BCUT2D eigenvalue weighted by molar-refractivity contribution is 5.46. The van der Waals surface area contributed by atoms with Crippen molar-refractivity contribution < 1.29 is 4.39 Å². The summed E-state index contributed by atoms with van der Waals surface area (Å²) in [6, 6.07) is 6.94. The van der Waals surface area contributed by atoms with Gasteiger partial charge in [-0.15, -0.1) is 0 Å². The molecule has 1 aromatic heterocycles. The van der Waals surface area contributed by atoms with Crippen LogP contribution in [0.4, 0.5) is 10.2 Å². The SMILES string of the molecule is Cc1cnn2c1NCCC2c1ccccc1F. The minimum atomic E-state index is -0.154. The second-order valence-electron chi connectivity index (χ2n) is 4.37. The van der Waals surface area contributed by atoms with Gasteiger partial charge in [0, 0.05) is 17.7 Å². The molecule has 2 aromatic rings. The molecule has 1 aliphatic heterocycles. The summed E-state index contributed by atoms with van der Waals surface area (Å²) in [6.07, 6.45) is 2.68. The zero-order valence-electron chi connectivity index (χ0n) is 9.65. The highest BCUT2D eigenvalue weighted by atomic mass is 19.1. The van der Waals surface area contributed by atoms with Crippen molar-refractivity contribution in [2.75, 3.05) is 11.9 Å². The number of hydrogen-bond donors (Lipinski definition) is 1. The van der Waals surface area contributed by atoms with Crippen molar-refractivity contribution in [2.45, 2.75) is 19.4 Å². The lowest BCUT2D eigenvalue weighted by molar-refractivity contribution is 0.458. The molecule has 3 rings (SSSR count). The molecular weight excluding hydrogens is 217 g/mol. The van der Waals surface area contributed by atoms with Gasteiger partial charge in [0.25, 0.3) is 0 Å². The van der Waals surface area contributed by atoms with Gasteiger partial charge < -0.3 is 5.32 Å². The van der Waals surface area contributed by atoms with Gasteiger partial charge in [-0.3, -0.25) is 0 Å². The third-order valence-corrected chi connectivity index (χ3v) is 3.25. The number of rotatable bonds is 1. The number of fused-ring (bicyclic) bond motifs is 1. The molecule has 0 amide bonds. The second kappa shape index (κ2) is 3.87. The molecule has 1 N–H and O–H groups in total. The first-order valence-electron chi connectivity index (χ1n) is 5.80.